The number of carbonyl (C=O) groups is 3. The van der Waals surface area contributed by atoms with E-state index in [0.29, 0.717) is 6.61 Å². The number of carboxylic acids is 3. The topological polar surface area (TPSA) is 171 Å². The Morgan fingerprint density at radius 1 is 1.04 bits per heavy atom. The number of hydrogen-bond acceptors (Lipinski definition) is 7. The minimum atomic E-state index is -2.20. The third kappa shape index (κ3) is 11.5. The number of aliphatic hydroxyl groups is 2. The van der Waals surface area contributed by atoms with Crippen molar-refractivity contribution in [2.24, 2.45) is 0 Å². The highest BCUT2D eigenvalue weighted by atomic mass is 16.5. The number of ether oxygens (including phenoxy) is 2. The van der Waals surface area contributed by atoms with E-state index in [9.17, 15) is 14.4 Å². The van der Waals surface area contributed by atoms with E-state index in [2.05, 4.69) is 4.74 Å². The summed E-state index contributed by atoms with van der Waals surface area (Å²) in [6, 6.07) is 0. The summed E-state index contributed by atoms with van der Waals surface area (Å²) in [5, 5.41) is 42.6. The maximum atomic E-state index is 10.7. The number of carboxylic acid groups (broad SMARTS) is 3. The van der Waals surface area contributed by atoms with E-state index >= 15 is 0 Å². The van der Waals surface area contributed by atoms with Gasteiger partial charge in [0.2, 0.25) is 0 Å². The number of aliphatic hydroxyl groups excluding tert-OH is 2. The Labute approximate surface area is 133 Å². The van der Waals surface area contributed by atoms with Gasteiger partial charge in [-0.15, -0.1) is 0 Å². The molecule has 0 aliphatic heterocycles. The van der Waals surface area contributed by atoms with Crippen LogP contribution in [0.25, 0.3) is 0 Å². The molecule has 0 bridgehead atoms. The Balaban J connectivity index is 0. The lowest BCUT2D eigenvalue weighted by Crippen LogP contribution is -2.44. The van der Waals surface area contributed by atoms with Crippen molar-refractivity contribution in [1.82, 2.24) is 0 Å². The van der Waals surface area contributed by atoms with Gasteiger partial charge in [0.15, 0.2) is 5.60 Å². The van der Waals surface area contributed by atoms with Gasteiger partial charge in [-0.25, -0.2) is 4.79 Å². The van der Waals surface area contributed by atoms with E-state index in [0.717, 1.165) is 7.11 Å². The molecule has 0 aromatic carbocycles. The molecule has 0 saturated carbocycles. The maximum Gasteiger partial charge on any atom is 0.337 e. The molecule has 0 aromatic rings. The fourth-order valence-corrected chi connectivity index (χ4v) is 1.29. The van der Waals surface area contributed by atoms with Crippen LogP contribution < -0.4 is 0 Å². The Bertz CT molecular complexity index is 363. The van der Waals surface area contributed by atoms with Gasteiger partial charge in [0, 0.05) is 7.11 Å². The monoisotopic (exact) mass is 340 g/mol. The molecule has 2 unspecified atom stereocenters. The predicted molar refractivity (Wildman–Crippen MR) is 76.1 cm³/mol. The van der Waals surface area contributed by atoms with Crippen LogP contribution in [0, 0.1) is 0 Å². The summed E-state index contributed by atoms with van der Waals surface area (Å²) < 4.78 is 9.41. The second-order valence-corrected chi connectivity index (χ2v) is 4.82. The van der Waals surface area contributed by atoms with Gasteiger partial charge in [-0.3, -0.25) is 9.59 Å². The van der Waals surface area contributed by atoms with Crippen LogP contribution in [0.5, 0.6) is 0 Å². The number of aliphatic carboxylic acids is 3. The zero-order valence-electron chi connectivity index (χ0n) is 13.3. The van der Waals surface area contributed by atoms with Crippen LogP contribution in [-0.4, -0.2) is 81.6 Å². The van der Waals surface area contributed by atoms with Crippen molar-refractivity contribution >= 4 is 17.9 Å². The quantitative estimate of drug-likeness (QED) is 0.338. The van der Waals surface area contributed by atoms with E-state index in [1.54, 1.807) is 13.8 Å². The molecule has 2 atom stereocenters. The van der Waals surface area contributed by atoms with Crippen molar-refractivity contribution < 1.29 is 49.4 Å². The van der Waals surface area contributed by atoms with Crippen LogP contribution in [-0.2, 0) is 23.9 Å². The van der Waals surface area contributed by atoms with Gasteiger partial charge in [0.25, 0.3) is 0 Å². The molecule has 0 radical (unpaired) electrons. The van der Waals surface area contributed by atoms with E-state index < -0.39 is 42.5 Å². The van der Waals surface area contributed by atoms with E-state index in [1.165, 1.54) is 0 Å². The zero-order chi connectivity index (χ0) is 18.6. The largest absolute Gasteiger partial charge is 0.481 e. The summed E-state index contributed by atoms with van der Waals surface area (Å²) in [4.78, 5) is 31.3. The summed E-state index contributed by atoms with van der Waals surface area (Å²) in [6.07, 6.45) is -2.41. The van der Waals surface area contributed by atoms with E-state index in [4.69, 9.17) is 30.3 Å². The summed E-state index contributed by atoms with van der Waals surface area (Å²) in [5.74, 6) is -4.48. The van der Waals surface area contributed by atoms with Gasteiger partial charge in [0.05, 0.1) is 38.3 Å². The number of rotatable bonds is 10. The summed E-state index contributed by atoms with van der Waals surface area (Å²) >= 11 is 0. The first-order valence-corrected chi connectivity index (χ1v) is 6.63. The SMILES string of the molecule is CC(O)COC(C)CO.COC(CC(=O)O)(CC(=O)O)C(=O)O. The van der Waals surface area contributed by atoms with Crippen molar-refractivity contribution in [3.8, 4) is 0 Å². The Morgan fingerprint density at radius 2 is 1.48 bits per heavy atom. The normalized spacial score (nSPS) is 13.4. The molecule has 0 aliphatic carbocycles. The first kappa shape index (κ1) is 23.5. The molecule has 0 spiro atoms. The summed E-state index contributed by atoms with van der Waals surface area (Å²) in [5.41, 5.74) is -2.20. The second-order valence-electron chi connectivity index (χ2n) is 4.82. The van der Waals surface area contributed by atoms with Crippen LogP contribution in [0.3, 0.4) is 0 Å². The second kappa shape index (κ2) is 11.8. The van der Waals surface area contributed by atoms with Crippen LogP contribution in [0.1, 0.15) is 26.7 Å². The lowest BCUT2D eigenvalue weighted by Gasteiger charge is -2.23. The molecular formula is C13H24O10. The van der Waals surface area contributed by atoms with Crippen molar-refractivity contribution in [3.63, 3.8) is 0 Å². The third-order valence-electron chi connectivity index (χ3n) is 2.53. The highest BCUT2D eigenvalue weighted by Crippen LogP contribution is 2.20. The Morgan fingerprint density at radius 3 is 1.70 bits per heavy atom. The van der Waals surface area contributed by atoms with Gasteiger partial charge in [-0.2, -0.15) is 0 Å². The van der Waals surface area contributed by atoms with Crippen LogP contribution in [0.2, 0.25) is 0 Å². The first-order chi connectivity index (χ1) is 10.5. The molecule has 0 aromatic heterocycles. The van der Waals surface area contributed by atoms with E-state index in [1.807, 2.05) is 0 Å². The van der Waals surface area contributed by atoms with E-state index in [-0.39, 0.29) is 12.7 Å². The minimum absolute atomic E-state index is 0.00667. The number of methoxy groups -OCH3 is 1. The zero-order valence-corrected chi connectivity index (χ0v) is 13.3. The van der Waals surface area contributed by atoms with Crippen molar-refractivity contribution in [1.29, 1.82) is 0 Å². The van der Waals surface area contributed by atoms with Gasteiger partial charge >= 0.3 is 17.9 Å². The average molecular weight is 340 g/mol. The summed E-state index contributed by atoms with van der Waals surface area (Å²) in [6.45, 7) is 3.70. The average Bonchev–Trinajstić information content (AvgIpc) is 2.43. The standard InChI is InChI=1S/C7H10O7.C6H14O3/c1-14-7(6(12)13,2-4(8)9)3-5(10)11;1-5(8)4-9-6(2)3-7/h2-3H2,1H3,(H,8,9)(H,10,11)(H,12,13);5-8H,3-4H2,1-2H3. The molecule has 0 fully saturated rings. The molecule has 0 rings (SSSR count). The predicted octanol–water partition coefficient (Wildman–Crippen LogP) is -0.830. The Kier molecular flexibility index (Phi) is 12.0. The van der Waals surface area contributed by atoms with Crippen LogP contribution in [0.15, 0.2) is 0 Å². The highest BCUT2D eigenvalue weighted by molar-refractivity contribution is 5.88. The first-order valence-electron chi connectivity index (χ1n) is 6.63. The van der Waals surface area contributed by atoms with Crippen molar-refractivity contribution in [2.75, 3.05) is 20.3 Å². The van der Waals surface area contributed by atoms with Gasteiger partial charge < -0.3 is 35.0 Å². The molecule has 0 amide bonds. The highest BCUT2D eigenvalue weighted by Gasteiger charge is 2.43. The molecule has 0 heterocycles. The van der Waals surface area contributed by atoms with Crippen LogP contribution >= 0.6 is 0 Å². The fraction of sp³-hybridized carbons (Fsp3) is 0.769. The molecule has 23 heavy (non-hydrogen) atoms. The molecule has 10 nitrogen and oxygen atoms in total. The molecule has 0 aliphatic rings. The number of hydrogen-bond donors (Lipinski definition) is 5. The fourth-order valence-electron chi connectivity index (χ4n) is 1.29. The minimum Gasteiger partial charge on any atom is -0.481 e. The molecule has 5 N–H and O–H groups in total. The lowest BCUT2D eigenvalue weighted by atomic mass is 9.95. The van der Waals surface area contributed by atoms with Gasteiger partial charge in [-0.1, -0.05) is 0 Å². The smallest absolute Gasteiger partial charge is 0.337 e. The molecule has 10 heteroatoms. The maximum absolute atomic E-state index is 10.7. The van der Waals surface area contributed by atoms with Crippen molar-refractivity contribution in [3.05, 3.63) is 0 Å². The summed E-state index contributed by atoms with van der Waals surface area (Å²) in [7, 11) is 0.958. The van der Waals surface area contributed by atoms with Gasteiger partial charge in [0.1, 0.15) is 0 Å². The third-order valence-corrected chi connectivity index (χ3v) is 2.53. The van der Waals surface area contributed by atoms with Gasteiger partial charge in [-0.05, 0) is 13.8 Å². The molecular weight excluding hydrogens is 316 g/mol. The Hall–Kier alpha value is -1.75. The lowest BCUT2D eigenvalue weighted by molar-refractivity contribution is -0.174. The van der Waals surface area contributed by atoms with Crippen LogP contribution in [0.4, 0.5) is 0 Å². The van der Waals surface area contributed by atoms with Crippen molar-refractivity contribution in [2.45, 2.75) is 44.5 Å². The molecule has 136 valence electrons. The molecule has 0 saturated heterocycles.